The third-order valence-corrected chi connectivity index (χ3v) is 3.27. The molecule has 0 atom stereocenters. The van der Waals surface area contributed by atoms with Crippen LogP contribution in [0.15, 0.2) is 18.5 Å². The Balaban J connectivity index is 2.16. The summed E-state index contributed by atoms with van der Waals surface area (Å²) in [7, 11) is 0. The molecule has 0 radical (unpaired) electrons. The molecule has 18 heavy (non-hydrogen) atoms. The van der Waals surface area contributed by atoms with Gasteiger partial charge >= 0.3 is 0 Å². The van der Waals surface area contributed by atoms with Crippen LogP contribution in [0.5, 0.6) is 0 Å². The van der Waals surface area contributed by atoms with Crippen molar-refractivity contribution in [1.82, 2.24) is 10.3 Å². The van der Waals surface area contributed by atoms with Crippen molar-refractivity contribution in [2.24, 2.45) is 0 Å². The number of carbonyl (C=O) groups is 1. The van der Waals surface area contributed by atoms with E-state index in [9.17, 15) is 9.18 Å². The molecule has 0 aliphatic rings. The highest BCUT2D eigenvalue weighted by Gasteiger charge is 2.09. The molecule has 1 heterocycles. The zero-order chi connectivity index (χ0) is 13.2. The largest absolute Gasteiger partial charge is 0.352 e. The van der Waals surface area contributed by atoms with E-state index in [4.69, 9.17) is 0 Å². The van der Waals surface area contributed by atoms with Crippen molar-refractivity contribution in [3.63, 3.8) is 0 Å². The minimum atomic E-state index is -0.574. The molecular formula is C13H19FN2OS. The van der Waals surface area contributed by atoms with Crippen molar-refractivity contribution in [1.29, 1.82) is 0 Å². The highest BCUT2D eigenvalue weighted by atomic mass is 32.2. The zero-order valence-electron chi connectivity index (χ0n) is 10.6. The third kappa shape index (κ3) is 5.49. The molecule has 1 amide bonds. The van der Waals surface area contributed by atoms with Gasteiger partial charge in [0.2, 0.25) is 0 Å². The zero-order valence-corrected chi connectivity index (χ0v) is 11.4. The maximum atomic E-state index is 13.2. The predicted molar refractivity (Wildman–Crippen MR) is 73.4 cm³/mol. The quantitative estimate of drug-likeness (QED) is 0.739. The molecule has 0 saturated carbocycles. The van der Waals surface area contributed by atoms with Gasteiger partial charge in [-0.25, -0.2) is 4.39 Å². The first-order valence-electron chi connectivity index (χ1n) is 6.12. The number of carbonyl (C=O) groups excluding carboxylic acids is 1. The minimum Gasteiger partial charge on any atom is -0.352 e. The number of nitrogens with zero attached hydrogens (tertiary/aromatic N) is 1. The first-order valence-corrected chi connectivity index (χ1v) is 7.51. The lowest BCUT2D eigenvalue weighted by Crippen LogP contribution is -2.25. The van der Waals surface area contributed by atoms with Gasteiger partial charge in [-0.05, 0) is 30.9 Å². The highest BCUT2D eigenvalue weighted by Crippen LogP contribution is 2.05. The van der Waals surface area contributed by atoms with Crippen LogP contribution in [0.4, 0.5) is 4.39 Å². The van der Waals surface area contributed by atoms with Crippen LogP contribution >= 0.6 is 11.8 Å². The molecule has 1 aromatic rings. The van der Waals surface area contributed by atoms with Crippen LogP contribution < -0.4 is 5.32 Å². The topological polar surface area (TPSA) is 42.0 Å². The summed E-state index contributed by atoms with van der Waals surface area (Å²) in [6.45, 7) is 0.597. The maximum Gasteiger partial charge on any atom is 0.254 e. The Morgan fingerprint density at radius 2 is 2.17 bits per heavy atom. The Kier molecular flexibility index (Phi) is 7.41. The minimum absolute atomic E-state index is 0.0624. The van der Waals surface area contributed by atoms with Crippen LogP contribution in [0, 0.1) is 5.82 Å². The van der Waals surface area contributed by atoms with E-state index in [1.807, 2.05) is 11.8 Å². The van der Waals surface area contributed by atoms with Crippen molar-refractivity contribution in [3.05, 3.63) is 29.8 Å². The molecular weight excluding hydrogens is 251 g/mol. The Hall–Kier alpha value is -1.10. The van der Waals surface area contributed by atoms with E-state index in [2.05, 4.69) is 16.6 Å². The molecule has 3 nitrogen and oxygen atoms in total. The molecule has 1 N–H and O–H groups in total. The van der Waals surface area contributed by atoms with Crippen molar-refractivity contribution in [3.8, 4) is 0 Å². The monoisotopic (exact) mass is 270 g/mol. The van der Waals surface area contributed by atoms with Gasteiger partial charge in [0, 0.05) is 12.7 Å². The van der Waals surface area contributed by atoms with Gasteiger partial charge in [0.1, 0.15) is 0 Å². The number of hydrogen-bond donors (Lipinski definition) is 1. The van der Waals surface area contributed by atoms with Crippen LogP contribution in [0.3, 0.4) is 0 Å². The molecule has 0 saturated heterocycles. The molecule has 0 aliphatic heterocycles. The number of pyridine rings is 1. The number of halogens is 1. The molecule has 1 aromatic heterocycles. The third-order valence-electron chi connectivity index (χ3n) is 2.58. The van der Waals surface area contributed by atoms with Gasteiger partial charge in [-0.1, -0.05) is 12.8 Å². The molecule has 0 aromatic carbocycles. The molecule has 5 heteroatoms. The van der Waals surface area contributed by atoms with Gasteiger partial charge in [-0.15, -0.1) is 0 Å². The van der Waals surface area contributed by atoms with Gasteiger partial charge in [-0.2, -0.15) is 11.8 Å². The van der Waals surface area contributed by atoms with E-state index < -0.39 is 5.82 Å². The second kappa shape index (κ2) is 8.91. The summed E-state index contributed by atoms with van der Waals surface area (Å²) >= 11 is 1.85. The lowest BCUT2D eigenvalue weighted by molar-refractivity contribution is 0.0948. The van der Waals surface area contributed by atoms with Crippen LogP contribution in [0.1, 0.15) is 36.0 Å². The number of aromatic nitrogens is 1. The Labute approximate surface area is 112 Å². The van der Waals surface area contributed by atoms with Crippen molar-refractivity contribution < 1.29 is 9.18 Å². The molecule has 100 valence electrons. The highest BCUT2D eigenvalue weighted by molar-refractivity contribution is 7.98. The van der Waals surface area contributed by atoms with Crippen LogP contribution in [-0.4, -0.2) is 29.4 Å². The second-order valence-corrected chi connectivity index (χ2v) is 5.00. The summed E-state index contributed by atoms with van der Waals surface area (Å²) in [6, 6.07) is 1.39. The van der Waals surface area contributed by atoms with E-state index in [0.717, 1.165) is 19.0 Å². The van der Waals surface area contributed by atoms with Crippen molar-refractivity contribution in [2.45, 2.75) is 25.7 Å². The SMILES string of the molecule is CSCCCCCCNC(=O)c1ccncc1F. The lowest BCUT2D eigenvalue weighted by atomic mass is 10.2. The van der Waals surface area contributed by atoms with Gasteiger partial charge in [-0.3, -0.25) is 9.78 Å². The van der Waals surface area contributed by atoms with E-state index in [-0.39, 0.29) is 11.5 Å². The summed E-state index contributed by atoms with van der Waals surface area (Å²) in [5.74, 6) is 0.253. The van der Waals surface area contributed by atoms with Crippen molar-refractivity contribution in [2.75, 3.05) is 18.6 Å². The van der Waals surface area contributed by atoms with Gasteiger partial charge in [0.15, 0.2) is 5.82 Å². The second-order valence-electron chi connectivity index (χ2n) is 4.02. The van der Waals surface area contributed by atoms with Crippen LogP contribution in [0.2, 0.25) is 0 Å². The number of unbranched alkanes of at least 4 members (excludes halogenated alkanes) is 3. The standard InChI is InChI=1S/C13H19FN2OS/c1-18-9-5-3-2-4-7-16-13(17)11-6-8-15-10-12(11)14/h6,8,10H,2-5,7,9H2,1H3,(H,16,17). The lowest BCUT2D eigenvalue weighted by Gasteiger charge is -2.05. The smallest absolute Gasteiger partial charge is 0.254 e. The Bertz CT molecular complexity index is 374. The normalized spacial score (nSPS) is 10.3. The fraction of sp³-hybridized carbons (Fsp3) is 0.538. The van der Waals surface area contributed by atoms with Crippen LogP contribution in [0.25, 0.3) is 0 Å². The van der Waals surface area contributed by atoms with Crippen LogP contribution in [-0.2, 0) is 0 Å². The summed E-state index contributed by atoms with van der Waals surface area (Å²) in [6.07, 6.45) is 9.00. The molecule has 0 aliphatic carbocycles. The first-order chi connectivity index (χ1) is 8.75. The number of hydrogen-bond acceptors (Lipinski definition) is 3. The maximum absolute atomic E-state index is 13.2. The molecule has 0 unspecified atom stereocenters. The van der Waals surface area contributed by atoms with E-state index in [1.54, 1.807) is 0 Å². The molecule has 0 bridgehead atoms. The van der Waals surface area contributed by atoms with Gasteiger partial charge < -0.3 is 5.32 Å². The van der Waals surface area contributed by atoms with E-state index in [0.29, 0.717) is 6.54 Å². The number of amides is 1. The molecule has 0 fully saturated rings. The fourth-order valence-corrected chi connectivity index (χ4v) is 2.07. The van der Waals surface area contributed by atoms with Gasteiger partial charge in [0.25, 0.3) is 5.91 Å². The summed E-state index contributed by atoms with van der Waals surface area (Å²) in [5.41, 5.74) is 0.0624. The molecule has 1 rings (SSSR count). The average molecular weight is 270 g/mol. The average Bonchev–Trinajstić information content (AvgIpc) is 2.38. The Morgan fingerprint density at radius 3 is 2.89 bits per heavy atom. The number of rotatable bonds is 8. The first kappa shape index (κ1) is 15.0. The van der Waals surface area contributed by atoms with Crippen molar-refractivity contribution >= 4 is 17.7 Å². The summed E-state index contributed by atoms with van der Waals surface area (Å²) < 4.78 is 13.2. The number of thioether (sulfide) groups is 1. The van der Waals surface area contributed by atoms with Gasteiger partial charge in [0.05, 0.1) is 11.8 Å². The predicted octanol–water partition coefficient (Wildman–Crippen LogP) is 2.87. The molecule has 0 spiro atoms. The van der Waals surface area contributed by atoms with E-state index >= 15 is 0 Å². The number of nitrogens with one attached hydrogen (secondary N) is 1. The summed E-state index contributed by atoms with van der Waals surface area (Å²) in [4.78, 5) is 15.2. The Morgan fingerprint density at radius 1 is 1.39 bits per heavy atom. The summed E-state index contributed by atoms with van der Waals surface area (Å²) in [5, 5.41) is 2.72. The van der Waals surface area contributed by atoms with E-state index in [1.165, 1.54) is 30.9 Å². The fourth-order valence-electron chi connectivity index (χ4n) is 1.58.